The first-order valence-corrected chi connectivity index (χ1v) is 9.02. The minimum Gasteiger partial charge on any atom is -0.493 e. The van der Waals surface area contributed by atoms with E-state index in [1.807, 2.05) is 0 Å². The normalized spacial score (nSPS) is 13.9. The van der Waals surface area contributed by atoms with Crippen LogP contribution in [0.4, 0.5) is 30.8 Å². The third-order valence-electron chi connectivity index (χ3n) is 4.98. The number of urea groups is 1. The Kier molecular flexibility index (Phi) is 5.64. The number of rotatable bonds is 5. The lowest BCUT2D eigenvalue weighted by molar-refractivity contribution is 0.250. The molecule has 1 aliphatic heterocycles. The highest BCUT2D eigenvalue weighted by molar-refractivity contribution is 6.09. The van der Waals surface area contributed by atoms with E-state index in [0.717, 1.165) is 11.0 Å². The Morgan fingerprint density at radius 3 is 2.33 bits per heavy atom. The van der Waals surface area contributed by atoms with Crippen molar-refractivity contribution in [2.75, 3.05) is 36.8 Å². The van der Waals surface area contributed by atoms with Crippen LogP contribution in [0, 0.1) is 11.6 Å². The summed E-state index contributed by atoms with van der Waals surface area (Å²) in [6.45, 7) is 5.45. The maximum Gasteiger partial charge on any atom is 0.329 e. The van der Waals surface area contributed by atoms with Gasteiger partial charge in [-0.2, -0.15) is 0 Å². The minimum absolute atomic E-state index is 0.128. The van der Waals surface area contributed by atoms with Crippen molar-refractivity contribution in [3.63, 3.8) is 0 Å². The number of nitrogens with zero attached hydrogens (tertiary/aromatic N) is 3. The number of methoxy groups -OCH3 is 2. The van der Waals surface area contributed by atoms with Crippen molar-refractivity contribution >= 4 is 28.8 Å². The number of allylic oxidation sites excluding steroid dienone is 3. The summed E-state index contributed by atoms with van der Waals surface area (Å²) in [5.41, 5.74) is 7.79. The summed E-state index contributed by atoms with van der Waals surface area (Å²) in [5.74, 6) is -2.29. The number of anilines is 3. The second-order valence-electron chi connectivity index (χ2n) is 6.53. The topological polar surface area (TPSA) is 80.9 Å². The number of nitrogen functional groups attached to an aromatic ring is 1. The van der Waals surface area contributed by atoms with E-state index in [1.54, 1.807) is 19.1 Å². The van der Waals surface area contributed by atoms with Crippen LogP contribution in [0.15, 0.2) is 31.0 Å². The second kappa shape index (κ2) is 8.02. The maximum atomic E-state index is 15.0. The summed E-state index contributed by atoms with van der Waals surface area (Å²) in [6, 6.07) is 0.435. The fourth-order valence-corrected chi connectivity index (χ4v) is 3.50. The van der Waals surface area contributed by atoms with Crippen LogP contribution in [-0.2, 0) is 6.54 Å². The number of hydrogen-bond donors (Lipinski definition) is 1. The van der Waals surface area contributed by atoms with Crippen LogP contribution in [0.5, 0.6) is 11.5 Å². The van der Waals surface area contributed by atoms with Gasteiger partial charge in [0.15, 0.2) is 23.1 Å². The monoisotopic (exact) mass is 416 g/mol. The predicted molar refractivity (Wildman–Crippen MR) is 112 cm³/mol. The van der Waals surface area contributed by atoms with Gasteiger partial charge in [-0.3, -0.25) is 9.80 Å². The fraction of sp³-hybridized carbons (Fsp3) is 0.238. The molecule has 2 amide bonds. The van der Waals surface area contributed by atoms with Crippen molar-refractivity contribution in [2.45, 2.75) is 13.5 Å². The van der Waals surface area contributed by atoms with E-state index in [2.05, 4.69) is 11.6 Å². The van der Waals surface area contributed by atoms with E-state index in [1.165, 1.54) is 32.4 Å². The largest absolute Gasteiger partial charge is 0.493 e. The molecular weight excluding hydrogens is 394 g/mol. The fourth-order valence-electron chi connectivity index (χ4n) is 3.50. The zero-order chi connectivity index (χ0) is 22.2. The molecule has 7 nitrogen and oxygen atoms in total. The Labute approximate surface area is 173 Å². The number of halogens is 2. The smallest absolute Gasteiger partial charge is 0.329 e. The van der Waals surface area contributed by atoms with E-state index in [-0.39, 0.29) is 23.9 Å². The van der Waals surface area contributed by atoms with Gasteiger partial charge in [0.05, 0.1) is 26.5 Å². The van der Waals surface area contributed by atoms with Crippen LogP contribution in [0.1, 0.15) is 18.1 Å². The molecule has 30 heavy (non-hydrogen) atoms. The van der Waals surface area contributed by atoms with E-state index >= 15 is 8.78 Å². The molecule has 1 aliphatic rings. The van der Waals surface area contributed by atoms with Gasteiger partial charge in [-0.1, -0.05) is 18.7 Å². The van der Waals surface area contributed by atoms with Gasteiger partial charge in [-0.25, -0.2) is 18.6 Å². The molecule has 0 atom stereocenters. The van der Waals surface area contributed by atoms with E-state index in [9.17, 15) is 4.79 Å². The number of ether oxygens (including phenoxy) is 2. The van der Waals surface area contributed by atoms with Crippen molar-refractivity contribution in [2.24, 2.45) is 0 Å². The SMILES string of the molecule is C=C/C(=C\C)c1c(N)ncc2c1N(C)C(=O)N(c1c(F)c(OC)cc(OC)c1F)C2. The van der Waals surface area contributed by atoms with Crippen molar-refractivity contribution in [3.8, 4) is 11.5 Å². The summed E-state index contributed by atoms with van der Waals surface area (Å²) in [6.07, 6.45) is 4.87. The predicted octanol–water partition coefficient (Wildman–Crippen LogP) is 4.12. The Balaban J connectivity index is 2.24. The van der Waals surface area contributed by atoms with Gasteiger partial charge in [-0.05, 0) is 12.5 Å². The number of pyridine rings is 1. The highest BCUT2D eigenvalue weighted by atomic mass is 19.1. The zero-order valence-corrected chi connectivity index (χ0v) is 17.1. The Morgan fingerprint density at radius 1 is 1.23 bits per heavy atom. The van der Waals surface area contributed by atoms with Crippen LogP contribution in [0.25, 0.3) is 5.57 Å². The van der Waals surface area contributed by atoms with Crippen LogP contribution >= 0.6 is 0 Å². The molecule has 2 N–H and O–H groups in total. The first-order chi connectivity index (χ1) is 14.3. The van der Waals surface area contributed by atoms with Crippen molar-refractivity contribution < 1.29 is 23.0 Å². The average Bonchev–Trinajstić information content (AvgIpc) is 2.74. The Morgan fingerprint density at radius 2 is 1.83 bits per heavy atom. The van der Waals surface area contributed by atoms with Crippen molar-refractivity contribution in [3.05, 3.63) is 53.8 Å². The van der Waals surface area contributed by atoms with Gasteiger partial charge in [0.25, 0.3) is 0 Å². The number of amides is 2. The van der Waals surface area contributed by atoms with Crippen molar-refractivity contribution in [1.82, 2.24) is 4.98 Å². The minimum atomic E-state index is -1.01. The van der Waals surface area contributed by atoms with E-state index < -0.39 is 23.4 Å². The van der Waals surface area contributed by atoms with E-state index in [4.69, 9.17) is 15.2 Å². The van der Waals surface area contributed by atoms with Gasteiger partial charge in [0, 0.05) is 30.4 Å². The van der Waals surface area contributed by atoms with Gasteiger partial charge in [0.2, 0.25) is 0 Å². The second-order valence-corrected chi connectivity index (χ2v) is 6.53. The maximum absolute atomic E-state index is 15.0. The Hall–Kier alpha value is -3.62. The lowest BCUT2D eigenvalue weighted by Crippen LogP contribution is -2.46. The van der Waals surface area contributed by atoms with E-state index in [0.29, 0.717) is 22.4 Å². The van der Waals surface area contributed by atoms with Crippen molar-refractivity contribution in [1.29, 1.82) is 0 Å². The summed E-state index contributed by atoms with van der Waals surface area (Å²) in [7, 11) is 3.98. The molecular formula is C21H22F2N4O3. The summed E-state index contributed by atoms with van der Waals surface area (Å²) < 4.78 is 40.0. The summed E-state index contributed by atoms with van der Waals surface area (Å²) in [5, 5.41) is 0. The molecule has 0 saturated carbocycles. The molecule has 1 aromatic carbocycles. The number of hydrogen-bond acceptors (Lipinski definition) is 5. The number of carbonyl (C=O) groups is 1. The molecule has 2 heterocycles. The van der Waals surface area contributed by atoms with Gasteiger partial charge < -0.3 is 15.2 Å². The zero-order valence-electron chi connectivity index (χ0n) is 17.1. The average molecular weight is 416 g/mol. The molecule has 158 valence electrons. The van der Waals surface area contributed by atoms with Crippen LogP contribution in [0.2, 0.25) is 0 Å². The third-order valence-corrected chi connectivity index (χ3v) is 4.98. The van der Waals surface area contributed by atoms with Gasteiger partial charge >= 0.3 is 6.03 Å². The molecule has 0 spiro atoms. The first kappa shape index (κ1) is 21.1. The number of benzene rings is 1. The Bertz CT molecular complexity index is 1040. The van der Waals surface area contributed by atoms with Crippen LogP contribution < -0.4 is 25.0 Å². The first-order valence-electron chi connectivity index (χ1n) is 9.02. The highest BCUT2D eigenvalue weighted by Gasteiger charge is 2.37. The third kappa shape index (κ3) is 3.12. The molecule has 0 aliphatic carbocycles. The lowest BCUT2D eigenvalue weighted by atomic mass is 9.98. The lowest BCUT2D eigenvalue weighted by Gasteiger charge is -2.36. The molecule has 1 aromatic heterocycles. The number of nitrogens with two attached hydrogens (primary N) is 1. The molecule has 0 unspecified atom stereocenters. The standard InChI is InChI=1S/C21H22F2N4O3/c1-6-11(7-2)15-18-12(9-25-20(15)24)10-27(21(28)26(18)3)19-16(22)13(29-4)8-14(30-5)17(19)23/h6-9H,1,10H2,2-5H3,(H2,24,25)/b11-7+. The summed E-state index contributed by atoms with van der Waals surface area (Å²) in [4.78, 5) is 19.6. The van der Waals surface area contributed by atoms with Gasteiger partial charge in [-0.15, -0.1) is 0 Å². The molecule has 2 aromatic rings. The number of aromatic nitrogens is 1. The highest BCUT2D eigenvalue weighted by Crippen LogP contribution is 2.43. The summed E-state index contributed by atoms with van der Waals surface area (Å²) >= 11 is 0. The molecule has 0 fully saturated rings. The van der Waals surface area contributed by atoms with Gasteiger partial charge in [0.1, 0.15) is 11.5 Å². The molecule has 0 saturated heterocycles. The molecule has 0 bridgehead atoms. The molecule has 0 radical (unpaired) electrons. The molecule has 3 rings (SSSR count). The van der Waals surface area contributed by atoms with Crippen LogP contribution in [-0.4, -0.2) is 32.3 Å². The quantitative estimate of drug-likeness (QED) is 0.742. The number of carbonyl (C=O) groups excluding carboxylic acids is 1. The number of fused-ring (bicyclic) bond motifs is 1. The van der Waals surface area contributed by atoms with Crippen LogP contribution in [0.3, 0.4) is 0 Å². The molecule has 9 heteroatoms.